The van der Waals surface area contributed by atoms with Crippen molar-refractivity contribution in [3.05, 3.63) is 59.7 Å². The summed E-state index contributed by atoms with van der Waals surface area (Å²) in [6, 6.07) is 7.16. The lowest BCUT2D eigenvalue weighted by molar-refractivity contribution is -0.355. The molecular formula is C29H38N5O9+. The number of aliphatic carboxylic acids is 1. The van der Waals surface area contributed by atoms with Crippen LogP contribution in [0, 0.1) is 0 Å². The number of likely N-dealkylation sites (tertiary alicyclic amines) is 1. The van der Waals surface area contributed by atoms with Gasteiger partial charge in [-0.1, -0.05) is 24.3 Å². The van der Waals surface area contributed by atoms with Crippen LogP contribution in [0.3, 0.4) is 0 Å². The van der Waals surface area contributed by atoms with Crippen LogP contribution < -0.4 is 21.7 Å². The van der Waals surface area contributed by atoms with Gasteiger partial charge in [-0.15, -0.1) is 0 Å². The molecule has 1 aliphatic rings. The molecule has 0 aromatic heterocycles. The number of aromatic hydroxyl groups is 2. The standard InChI is InChI=1S/C29H37N5O9/c1-16(35)25(29(42)43)33-27(40)23-3-2-12-34(23)28(41)22(14-18-6-10-20(37)11-7-18)32-26(39)21(31-24(38)15-30)13-17-4-8-19(36)9-5-17/h4-11,16,21-23,25,35-37H,2-3,12-15,30H2,1H3,(H,31,38)(H,32,39)(H,33,40)(H,42,43)/p+1. The van der Waals surface area contributed by atoms with E-state index in [4.69, 9.17) is 0 Å². The van der Waals surface area contributed by atoms with Gasteiger partial charge in [-0.2, -0.15) is 0 Å². The zero-order chi connectivity index (χ0) is 31.7. The second-order valence-electron chi connectivity index (χ2n) is 10.4. The van der Waals surface area contributed by atoms with E-state index in [0.717, 1.165) is 0 Å². The third-order valence-electron chi connectivity index (χ3n) is 7.13. The summed E-state index contributed by atoms with van der Waals surface area (Å²) >= 11 is 0. The SMILES string of the molecule is CC(O)C(NC(=O)C1CCCN1C(=O)C(Cc1ccc(O)cc1)NC(=O)C(Cc1ccc(O)cc1)NC(=O)C[NH3+])C(=O)O. The highest BCUT2D eigenvalue weighted by molar-refractivity contribution is 5.95. The summed E-state index contributed by atoms with van der Waals surface area (Å²) in [6.07, 6.45) is -0.669. The molecule has 0 aliphatic carbocycles. The number of quaternary nitrogens is 1. The van der Waals surface area contributed by atoms with Crippen molar-refractivity contribution < 1.29 is 50.1 Å². The normalized spacial score (nSPS) is 17.3. The van der Waals surface area contributed by atoms with Crippen LogP contribution >= 0.6 is 0 Å². The number of hydrogen-bond acceptors (Lipinski definition) is 8. The van der Waals surface area contributed by atoms with Gasteiger partial charge in [0, 0.05) is 19.4 Å². The highest BCUT2D eigenvalue weighted by Crippen LogP contribution is 2.21. The molecule has 1 fully saturated rings. The Morgan fingerprint density at radius 1 is 0.884 bits per heavy atom. The van der Waals surface area contributed by atoms with Crippen LogP contribution in [-0.2, 0) is 36.8 Å². The van der Waals surface area contributed by atoms with Crippen molar-refractivity contribution in [1.82, 2.24) is 20.9 Å². The van der Waals surface area contributed by atoms with E-state index in [1.165, 1.54) is 36.1 Å². The van der Waals surface area contributed by atoms with Crippen molar-refractivity contribution >= 4 is 29.6 Å². The molecule has 10 N–H and O–H groups in total. The van der Waals surface area contributed by atoms with E-state index >= 15 is 0 Å². The third-order valence-corrected chi connectivity index (χ3v) is 7.13. The number of hydrogen-bond donors (Lipinski definition) is 8. The Balaban J connectivity index is 1.87. The maximum atomic E-state index is 13.9. The van der Waals surface area contributed by atoms with E-state index in [9.17, 15) is 44.4 Å². The van der Waals surface area contributed by atoms with Gasteiger partial charge in [-0.25, -0.2) is 4.79 Å². The quantitative estimate of drug-likeness (QED) is 0.127. The van der Waals surface area contributed by atoms with Gasteiger partial charge in [0.2, 0.25) is 17.7 Å². The van der Waals surface area contributed by atoms with Gasteiger partial charge >= 0.3 is 5.97 Å². The number of aliphatic hydroxyl groups is 1. The maximum absolute atomic E-state index is 13.9. The van der Waals surface area contributed by atoms with Crippen LogP contribution in [0.4, 0.5) is 0 Å². The van der Waals surface area contributed by atoms with Gasteiger partial charge in [0.25, 0.3) is 5.91 Å². The number of aliphatic hydroxyl groups excluding tert-OH is 1. The van der Waals surface area contributed by atoms with E-state index in [1.807, 2.05) is 0 Å². The molecule has 0 radical (unpaired) electrons. The maximum Gasteiger partial charge on any atom is 0.328 e. The number of carbonyl (C=O) groups excluding carboxylic acids is 4. The molecule has 5 atom stereocenters. The van der Waals surface area contributed by atoms with Gasteiger partial charge in [0.1, 0.15) is 29.6 Å². The second-order valence-corrected chi connectivity index (χ2v) is 10.4. The van der Waals surface area contributed by atoms with E-state index in [0.29, 0.717) is 17.5 Å². The summed E-state index contributed by atoms with van der Waals surface area (Å²) in [5.74, 6) is -3.92. The highest BCUT2D eigenvalue weighted by Gasteiger charge is 2.40. The van der Waals surface area contributed by atoms with Gasteiger partial charge in [0.05, 0.1) is 6.10 Å². The number of rotatable bonds is 13. The first-order valence-electron chi connectivity index (χ1n) is 13.9. The van der Waals surface area contributed by atoms with Crippen LogP contribution in [-0.4, -0.2) is 98.3 Å². The fourth-order valence-corrected chi connectivity index (χ4v) is 4.83. The minimum absolute atomic E-state index is 0.00267. The largest absolute Gasteiger partial charge is 0.508 e. The second kappa shape index (κ2) is 15.0. The van der Waals surface area contributed by atoms with E-state index < -0.39 is 59.9 Å². The molecule has 232 valence electrons. The molecule has 1 aliphatic heterocycles. The molecule has 0 saturated carbocycles. The number of carboxylic acid groups (broad SMARTS) is 1. The van der Waals surface area contributed by atoms with Crippen molar-refractivity contribution in [3.63, 3.8) is 0 Å². The Labute approximate surface area is 247 Å². The highest BCUT2D eigenvalue weighted by atomic mass is 16.4. The summed E-state index contributed by atoms with van der Waals surface area (Å²) in [5, 5.41) is 46.0. The van der Waals surface area contributed by atoms with Gasteiger partial charge in [-0.3, -0.25) is 19.2 Å². The van der Waals surface area contributed by atoms with Crippen LogP contribution in [0.15, 0.2) is 48.5 Å². The molecule has 1 saturated heterocycles. The lowest BCUT2D eigenvalue weighted by Gasteiger charge is -2.30. The molecule has 0 spiro atoms. The first-order valence-corrected chi connectivity index (χ1v) is 13.9. The lowest BCUT2D eigenvalue weighted by Crippen LogP contribution is -2.62. The monoisotopic (exact) mass is 600 g/mol. The summed E-state index contributed by atoms with van der Waals surface area (Å²) < 4.78 is 0. The molecule has 1 heterocycles. The smallest absolute Gasteiger partial charge is 0.328 e. The Hall–Kier alpha value is -4.69. The minimum atomic E-state index is -1.57. The van der Waals surface area contributed by atoms with E-state index in [-0.39, 0.29) is 43.9 Å². The molecule has 4 amide bonds. The van der Waals surface area contributed by atoms with Crippen LogP contribution in [0.25, 0.3) is 0 Å². The van der Waals surface area contributed by atoms with E-state index in [1.54, 1.807) is 24.3 Å². The van der Waals surface area contributed by atoms with Gasteiger partial charge in [0.15, 0.2) is 12.6 Å². The van der Waals surface area contributed by atoms with Crippen molar-refractivity contribution in [3.8, 4) is 11.5 Å². The number of carboxylic acids is 1. The first-order chi connectivity index (χ1) is 20.4. The van der Waals surface area contributed by atoms with Crippen LogP contribution in [0.2, 0.25) is 0 Å². The zero-order valence-electron chi connectivity index (χ0n) is 23.7. The average Bonchev–Trinajstić information content (AvgIpc) is 3.46. The first kappa shape index (κ1) is 32.8. The Morgan fingerprint density at radius 2 is 1.42 bits per heavy atom. The van der Waals surface area contributed by atoms with Crippen molar-refractivity contribution in [1.29, 1.82) is 0 Å². The predicted molar refractivity (Wildman–Crippen MR) is 151 cm³/mol. The van der Waals surface area contributed by atoms with Crippen molar-refractivity contribution in [2.45, 2.75) is 62.9 Å². The van der Waals surface area contributed by atoms with Crippen molar-refractivity contribution in [2.24, 2.45) is 0 Å². The molecule has 3 rings (SSSR count). The Morgan fingerprint density at radius 3 is 1.91 bits per heavy atom. The van der Waals surface area contributed by atoms with Crippen molar-refractivity contribution in [2.75, 3.05) is 13.1 Å². The molecule has 43 heavy (non-hydrogen) atoms. The average molecular weight is 601 g/mol. The number of nitrogens with zero attached hydrogens (tertiary/aromatic N) is 1. The fourth-order valence-electron chi connectivity index (χ4n) is 4.83. The molecule has 2 aromatic carbocycles. The number of carbonyl (C=O) groups is 5. The number of phenols is 2. The molecular weight excluding hydrogens is 562 g/mol. The Bertz CT molecular complexity index is 1300. The molecule has 0 bridgehead atoms. The van der Waals surface area contributed by atoms with Crippen LogP contribution in [0.1, 0.15) is 30.9 Å². The van der Waals surface area contributed by atoms with Crippen LogP contribution in [0.5, 0.6) is 11.5 Å². The predicted octanol–water partition coefficient (Wildman–Crippen LogP) is -1.96. The molecule has 5 unspecified atom stereocenters. The number of nitrogens with one attached hydrogen (secondary N) is 3. The van der Waals surface area contributed by atoms with Gasteiger partial charge < -0.3 is 47.0 Å². The van der Waals surface area contributed by atoms with Gasteiger partial charge in [-0.05, 0) is 55.2 Å². The summed E-state index contributed by atoms with van der Waals surface area (Å²) in [5.41, 5.74) is 4.76. The fraction of sp³-hybridized carbons (Fsp3) is 0.414. The molecule has 14 heteroatoms. The third kappa shape index (κ3) is 9.15. The summed E-state index contributed by atoms with van der Waals surface area (Å²) in [4.78, 5) is 65.5. The molecule has 14 nitrogen and oxygen atoms in total. The number of benzene rings is 2. The Kier molecular flexibility index (Phi) is 11.4. The molecule has 2 aromatic rings. The summed E-state index contributed by atoms with van der Waals surface area (Å²) in [6.45, 7) is 1.26. The minimum Gasteiger partial charge on any atom is -0.508 e. The topological polar surface area (TPSA) is 233 Å². The van der Waals surface area contributed by atoms with E-state index in [2.05, 4.69) is 21.7 Å². The number of amides is 4. The summed E-state index contributed by atoms with van der Waals surface area (Å²) in [7, 11) is 0. The zero-order valence-corrected chi connectivity index (χ0v) is 23.7. The lowest BCUT2D eigenvalue weighted by atomic mass is 10.0. The number of phenolic OH excluding ortho intramolecular Hbond substituents is 2.